The second kappa shape index (κ2) is 43.1. The molecule has 2 fully saturated rings. The monoisotopic (exact) mass is 1510 g/mol. The number of amides is 13. The second-order valence-electron chi connectivity index (χ2n) is 28.0. The SMILES string of the molecule is CC[C@H](C)[C@@H]1N[C@H](CC(N)=O)NC(=O)[C@H](CCCN=C(N)N)NC(=O)[C@H](Cc2ccccc2)NC(=O)[C@H](Cc2ccccc2)NC(=O)[C@H](Cc2cnc[nH]2)NC(=O)[C@H](C(C)C)NC(=O)[C@@H]2CCCN2C(=O)[C@H]([C@@H](C)O)NC(=O)[C@H](CCCN=C(N)N)NC(=O)[C@H](C)NC(=O)[C@H]([C@@H](C)O)NC(=O)[C@H](C(C)C)NC1=O. The van der Waals surface area contributed by atoms with Gasteiger partial charge >= 0.3 is 0 Å². The Morgan fingerprint density at radius 1 is 0.509 bits per heavy atom. The first-order valence-corrected chi connectivity index (χ1v) is 36.3. The van der Waals surface area contributed by atoms with Crippen LogP contribution in [0.25, 0.3) is 0 Å². The smallest absolute Gasteiger partial charge is 0.248 e. The van der Waals surface area contributed by atoms with Crippen LogP contribution in [0.2, 0.25) is 0 Å². The lowest BCUT2D eigenvalue weighted by molar-refractivity contribution is -0.145. The average molecular weight is 1510 g/mol. The quantitative estimate of drug-likeness (QED) is 0.0254. The van der Waals surface area contributed by atoms with Gasteiger partial charge < -0.3 is 107 Å². The topological polar surface area (TPSA) is 593 Å². The van der Waals surface area contributed by atoms with Crippen LogP contribution in [0.1, 0.15) is 131 Å². The van der Waals surface area contributed by atoms with E-state index in [1.54, 1.807) is 102 Å². The standard InChI is InChI=1S/C71H110N22O15/c1-10-38(6)55-67(106)90-54(37(4)5)66(105)91-56(40(8)94)68(107)81-39(7)58(97)82-46(25-18-28-79-71(75)76)60(99)92-57(41(9)95)69(108)93-29-19-26-50(93)64(103)89-53(36(2)3)65(104)86-49(32-44-34-77-35-80-44)63(102)85-48(31-43-22-15-12-16-23-43)62(101)84-47(30-42-20-13-11-14-21-42)61(100)83-45(24-17-27-78-70(73)74)59(98)88-52(87-55)33-51(72)96/h11-16,20-23,34-41,45-50,52-57,87,94-95H,10,17-19,24-33H2,1-9H3,(H2,72,96)(H,77,80)(H,81,107)(H,82,97)(H,83,100)(H,84,101)(H,85,102)(H,86,104)(H,88,98)(H,89,103)(H,90,106)(H,91,105)(H,92,99)(H4,73,74,78)(H4,75,76,79)/t38-,39-,40+,41+,45-,46-,47-,48-,49-,50-,52-,53-,54-,55-,56-,57-/m0/s1. The highest BCUT2D eigenvalue weighted by atomic mass is 16.3. The molecule has 25 N–H and O–H groups in total. The number of aliphatic imine (C=N–C) groups is 2. The summed E-state index contributed by atoms with van der Waals surface area (Å²) < 4.78 is 0. The minimum Gasteiger partial charge on any atom is -0.391 e. The van der Waals surface area contributed by atoms with E-state index in [1.807, 2.05) is 0 Å². The average Bonchev–Trinajstić information content (AvgIpc) is 1.59. The molecule has 13 amide bonds. The molecule has 2 aliphatic heterocycles. The summed E-state index contributed by atoms with van der Waals surface area (Å²) >= 11 is 0. The van der Waals surface area contributed by atoms with Gasteiger partial charge in [-0.05, 0) is 88.2 Å². The van der Waals surface area contributed by atoms with E-state index in [0.29, 0.717) is 16.8 Å². The number of fused-ring (bicyclic) bond motifs is 1. The molecular weight excluding hydrogens is 1400 g/mol. The van der Waals surface area contributed by atoms with E-state index in [0.717, 1.165) is 4.90 Å². The Bertz CT molecular complexity index is 3590. The van der Waals surface area contributed by atoms with Crippen molar-refractivity contribution in [2.75, 3.05) is 19.6 Å². The molecule has 37 heteroatoms. The molecule has 0 radical (unpaired) electrons. The molecule has 16 atom stereocenters. The maximum Gasteiger partial charge on any atom is 0.248 e. The molecule has 3 heterocycles. The van der Waals surface area contributed by atoms with Crippen molar-refractivity contribution in [3.8, 4) is 0 Å². The van der Waals surface area contributed by atoms with Crippen LogP contribution in [0.5, 0.6) is 0 Å². The highest BCUT2D eigenvalue weighted by Gasteiger charge is 2.43. The number of nitrogens with two attached hydrogens (primary N) is 5. The maximum atomic E-state index is 15.2. The van der Waals surface area contributed by atoms with Crippen LogP contribution >= 0.6 is 0 Å². The number of hydrogen-bond donors (Lipinski definition) is 20. The van der Waals surface area contributed by atoms with Gasteiger partial charge in [0.2, 0.25) is 76.8 Å². The first-order valence-electron chi connectivity index (χ1n) is 36.3. The molecule has 0 aliphatic carbocycles. The Kier molecular flexibility index (Phi) is 35.0. The highest BCUT2D eigenvalue weighted by molar-refractivity contribution is 6.00. The summed E-state index contributed by atoms with van der Waals surface area (Å²) in [5.74, 6) is -14.7. The number of H-pyrrole nitrogens is 1. The molecule has 3 aromatic rings. The Morgan fingerprint density at radius 2 is 0.926 bits per heavy atom. The number of imidazole rings is 1. The fourth-order valence-electron chi connectivity index (χ4n) is 12.1. The molecule has 0 spiro atoms. The number of aliphatic hydroxyl groups excluding tert-OH is 2. The molecule has 2 aliphatic rings. The molecule has 0 unspecified atom stereocenters. The van der Waals surface area contributed by atoms with Crippen molar-refractivity contribution in [1.29, 1.82) is 0 Å². The third kappa shape index (κ3) is 27.8. The van der Waals surface area contributed by atoms with Gasteiger partial charge in [0.05, 0.1) is 37.2 Å². The van der Waals surface area contributed by atoms with E-state index in [1.165, 1.54) is 33.3 Å². The van der Waals surface area contributed by atoms with Crippen LogP contribution in [0.4, 0.5) is 0 Å². The minimum absolute atomic E-state index is 0.0380. The number of aromatic nitrogens is 2. The van der Waals surface area contributed by atoms with Crippen LogP contribution in [-0.2, 0) is 81.6 Å². The van der Waals surface area contributed by atoms with Crippen molar-refractivity contribution < 1.29 is 72.5 Å². The van der Waals surface area contributed by atoms with Crippen molar-refractivity contribution in [3.05, 3.63) is 90.0 Å². The zero-order valence-corrected chi connectivity index (χ0v) is 62.6. The Balaban J connectivity index is 1.65. The van der Waals surface area contributed by atoms with Crippen molar-refractivity contribution in [3.63, 3.8) is 0 Å². The number of aromatic amines is 1. The third-order valence-corrected chi connectivity index (χ3v) is 18.4. The number of carbonyl (C=O) groups is 13. The van der Waals surface area contributed by atoms with Gasteiger partial charge in [0.1, 0.15) is 66.5 Å². The lowest BCUT2D eigenvalue weighted by Gasteiger charge is -2.33. The van der Waals surface area contributed by atoms with Gasteiger partial charge in [-0.1, -0.05) is 109 Å². The van der Waals surface area contributed by atoms with Crippen molar-refractivity contribution in [1.82, 2.24) is 78.7 Å². The molecule has 2 saturated heterocycles. The number of aliphatic hydroxyl groups is 2. The maximum absolute atomic E-state index is 15.2. The van der Waals surface area contributed by atoms with Crippen LogP contribution in [0.3, 0.4) is 0 Å². The lowest BCUT2D eigenvalue weighted by atomic mass is 9.95. The number of hydrogen-bond acceptors (Lipinski definition) is 19. The zero-order valence-electron chi connectivity index (χ0n) is 62.6. The van der Waals surface area contributed by atoms with Crippen molar-refractivity contribution in [2.45, 2.75) is 224 Å². The van der Waals surface area contributed by atoms with Crippen molar-refractivity contribution >= 4 is 88.7 Å². The van der Waals surface area contributed by atoms with E-state index in [2.05, 4.69) is 83.8 Å². The van der Waals surface area contributed by atoms with E-state index in [-0.39, 0.29) is 95.8 Å². The molecular formula is C71H110N22O15. The van der Waals surface area contributed by atoms with Crippen LogP contribution in [0.15, 0.2) is 83.2 Å². The molecule has 108 heavy (non-hydrogen) atoms. The summed E-state index contributed by atoms with van der Waals surface area (Å²) in [4.78, 5) is 205. The van der Waals surface area contributed by atoms with Crippen molar-refractivity contribution in [2.24, 2.45) is 56.4 Å². The summed E-state index contributed by atoms with van der Waals surface area (Å²) in [6.45, 7) is 13.3. The minimum atomic E-state index is -1.79. The van der Waals surface area contributed by atoms with Gasteiger partial charge in [-0.2, -0.15) is 0 Å². The highest BCUT2D eigenvalue weighted by Crippen LogP contribution is 2.22. The Labute approximate surface area is 627 Å². The Morgan fingerprint density at radius 3 is 1.39 bits per heavy atom. The van der Waals surface area contributed by atoms with E-state index in [4.69, 9.17) is 28.7 Å². The largest absolute Gasteiger partial charge is 0.391 e. The van der Waals surface area contributed by atoms with Gasteiger partial charge in [-0.15, -0.1) is 0 Å². The summed E-state index contributed by atoms with van der Waals surface area (Å²) in [6, 6.07) is -1.07. The van der Waals surface area contributed by atoms with Crippen LogP contribution < -0.4 is 92.5 Å². The number of nitrogens with zero attached hydrogens (tertiary/aromatic N) is 4. The second-order valence-corrected chi connectivity index (χ2v) is 28.0. The zero-order chi connectivity index (χ0) is 80.1. The number of carbonyl (C=O) groups excluding carboxylic acids is 13. The normalized spacial score (nSPS) is 25.9. The summed E-state index contributed by atoms with van der Waals surface area (Å²) in [5.41, 5.74) is 29.6. The number of benzene rings is 2. The van der Waals surface area contributed by atoms with Gasteiger partial charge in [-0.25, -0.2) is 4.98 Å². The predicted octanol–water partition coefficient (Wildman–Crippen LogP) is -5.19. The fraction of sp³-hybridized carbons (Fsp3) is 0.577. The number of primary amides is 1. The Hall–Kier alpha value is -10.8. The van der Waals surface area contributed by atoms with Gasteiger partial charge in [0, 0.05) is 50.8 Å². The van der Waals surface area contributed by atoms with E-state index >= 15 is 14.4 Å². The lowest BCUT2D eigenvalue weighted by Crippen LogP contribution is -2.64. The molecule has 0 bridgehead atoms. The van der Waals surface area contributed by atoms with Crippen LogP contribution in [0, 0.1) is 17.8 Å². The summed E-state index contributed by atoms with van der Waals surface area (Å²) in [6.07, 6.45) is -2.94. The molecule has 1 aromatic heterocycles. The number of guanidine groups is 2. The molecule has 594 valence electrons. The van der Waals surface area contributed by atoms with E-state index in [9.17, 15) is 58.2 Å². The molecule has 37 nitrogen and oxygen atoms in total. The third-order valence-electron chi connectivity index (χ3n) is 18.4. The summed E-state index contributed by atoms with van der Waals surface area (Å²) in [5, 5.41) is 54.3. The number of rotatable bonds is 22. The van der Waals surface area contributed by atoms with Crippen LogP contribution in [-0.4, -0.2) is 224 Å². The molecule has 2 aromatic carbocycles. The van der Waals surface area contributed by atoms with Gasteiger partial charge in [0.15, 0.2) is 11.9 Å². The first kappa shape index (κ1) is 87.8. The fourth-order valence-corrected chi connectivity index (χ4v) is 12.1. The predicted molar refractivity (Wildman–Crippen MR) is 397 cm³/mol. The first-order chi connectivity index (χ1) is 51.1. The molecule has 5 rings (SSSR count). The van der Waals surface area contributed by atoms with Gasteiger partial charge in [0.25, 0.3) is 0 Å². The number of nitrogens with one attached hydrogen (secondary N) is 13. The summed E-state index contributed by atoms with van der Waals surface area (Å²) in [7, 11) is 0. The van der Waals surface area contributed by atoms with E-state index < -0.39 is 192 Å². The molecule has 0 saturated carbocycles. The van der Waals surface area contributed by atoms with Gasteiger partial charge in [-0.3, -0.25) is 77.6 Å².